The normalized spacial score (nSPS) is 31.5. The summed E-state index contributed by atoms with van der Waals surface area (Å²) in [5, 5.41) is 25.2. The summed E-state index contributed by atoms with van der Waals surface area (Å²) in [4.78, 5) is 38.6. The monoisotopic (exact) mass is 585 g/mol. The van der Waals surface area contributed by atoms with Crippen molar-refractivity contribution >= 4 is 17.8 Å². The number of carboxylic acid groups (broad SMARTS) is 1. The van der Waals surface area contributed by atoms with E-state index >= 15 is 4.39 Å². The molecule has 1 aromatic carbocycles. The lowest BCUT2D eigenvalue weighted by Crippen LogP contribution is -2.52. The lowest BCUT2D eigenvalue weighted by molar-refractivity contribution is -0.150. The molecule has 1 saturated heterocycles. The minimum absolute atomic E-state index is 0.0688. The number of halogens is 1. The van der Waals surface area contributed by atoms with Crippen molar-refractivity contribution in [3.8, 4) is 17.6 Å². The molecule has 4 fully saturated rings. The number of ether oxygens (including phenoxy) is 3. The smallest absolute Gasteiger partial charge is 0.309 e. The maximum Gasteiger partial charge on any atom is 0.309 e. The number of nitriles is 1. The zero-order valence-electron chi connectivity index (χ0n) is 24.2. The molecule has 2 amide bonds. The molecule has 42 heavy (non-hydrogen) atoms. The minimum Gasteiger partial charge on any atom is -0.496 e. The molecule has 4 unspecified atom stereocenters. The Hall–Kier alpha value is -3.39. The Labute approximate surface area is 245 Å². The molecule has 1 aliphatic heterocycles. The first-order chi connectivity index (χ1) is 20.1. The number of amides is 2. The highest BCUT2D eigenvalue weighted by Crippen LogP contribution is 2.49. The minimum atomic E-state index is -1.49. The maximum atomic E-state index is 15.1. The first-order valence-electron chi connectivity index (χ1n) is 14.9. The van der Waals surface area contributed by atoms with Crippen LogP contribution in [0.1, 0.15) is 80.6 Å². The number of hydrogen-bond acceptors (Lipinski definition) is 7. The standard InChI is InChI=1S/C31H40FN3O7/c1-30(29(38)39)7-5-21(6-8-30)42-23-15-22(24(40-2)14-20(23)16-33)27(36)35-26-19-4-3-18(13-19)25(26)28(37)34-17-31(32)9-11-41-12-10-31/h14-15,18-19,21,25-26H,3-13,17H2,1-2H3,(H,34,37)(H,35,36)(H,38,39). The number of alkyl halides is 1. The van der Waals surface area contributed by atoms with Crippen molar-refractivity contribution in [1.29, 1.82) is 5.26 Å². The van der Waals surface area contributed by atoms with E-state index in [1.54, 1.807) is 6.92 Å². The van der Waals surface area contributed by atoms with Crippen LogP contribution in [0.2, 0.25) is 0 Å². The van der Waals surface area contributed by atoms with E-state index in [-0.39, 0.29) is 65.9 Å². The third-order valence-electron chi connectivity index (χ3n) is 10.00. The van der Waals surface area contributed by atoms with Crippen LogP contribution in [0.25, 0.3) is 0 Å². The molecule has 228 valence electrons. The number of nitrogens with zero attached hydrogens (tertiary/aromatic N) is 1. The Kier molecular flexibility index (Phi) is 8.65. The Morgan fingerprint density at radius 1 is 1.10 bits per heavy atom. The van der Waals surface area contributed by atoms with E-state index in [0.717, 1.165) is 19.3 Å². The number of carbonyl (C=O) groups excluding carboxylic acids is 2. The largest absolute Gasteiger partial charge is 0.496 e. The fraction of sp³-hybridized carbons (Fsp3) is 0.677. The van der Waals surface area contributed by atoms with Crippen LogP contribution in [0.4, 0.5) is 4.39 Å². The van der Waals surface area contributed by atoms with Crippen LogP contribution in [0.3, 0.4) is 0 Å². The number of methoxy groups -OCH3 is 1. The van der Waals surface area contributed by atoms with Crippen LogP contribution in [0.5, 0.6) is 11.5 Å². The number of rotatable bonds is 9. The van der Waals surface area contributed by atoms with Gasteiger partial charge in [-0.2, -0.15) is 5.26 Å². The second kappa shape index (κ2) is 12.1. The number of benzene rings is 1. The molecule has 2 bridgehead atoms. The summed E-state index contributed by atoms with van der Waals surface area (Å²) in [5.41, 5.74) is -1.90. The average molecular weight is 586 g/mol. The van der Waals surface area contributed by atoms with Gasteiger partial charge in [0.2, 0.25) is 5.91 Å². The van der Waals surface area contributed by atoms with Gasteiger partial charge in [-0.3, -0.25) is 14.4 Å². The Morgan fingerprint density at radius 2 is 1.79 bits per heavy atom. The van der Waals surface area contributed by atoms with E-state index in [2.05, 4.69) is 16.7 Å². The van der Waals surface area contributed by atoms with E-state index < -0.39 is 34.9 Å². The number of hydrogen-bond donors (Lipinski definition) is 3. The van der Waals surface area contributed by atoms with Crippen LogP contribution in [0.15, 0.2) is 12.1 Å². The van der Waals surface area contributed by atoms with Gasteiger partial charge in [-0.05, 0) is 69.8 Å². The Balaban J connectivity index is 1.30. The highest BCUT2D eigenvalue weighted by molar-refractivity contribution is 5.98. The third kappa shape index (κ3) is 6.05. The molecule has 3 aliphatic carbocycles. The number of aliphatic carboxylic acids is 1. The van der Waals surface area contributed by atoms with Crippen LogP contribution < -0.4 is 20.1 Å². The van der Waals surface area contributed by atoms with Crippen molar-refractivity contribution in [2.24, 2.45) is 23.2 Å². The van der Waals surface area contributed by atoms with Crippen LogP contribution >= 0.6 is 0 Å². The van der Waals surface area contributed by atoms with Gasteiger partial charge < -0.3 is 30.0 Å². The third-order valence-corrected chi connectivity index (χ3v) is 10.00. The van der Waals surface area contributed by atoms with Crippen LogP contribution in [-0.2, 0) is 14.3 Å². The number of carbonyl (C=O) groups is 3. The van der Waals surface area contributed by atoms with Crippen molar-refractivity contribution < 1.29 is 38.1 Å². The van der Waals surface area contributed by atoms with Crippen molar-refractivity contribution in [1.82, 2.24) is 10.6 Å². The molecule has 0 radical (unpaired) electrons. The van der Waals surface area contributed by atoms with Gasteiger partial charge >= 0.3 is 5.97 Å². The van der Waals surface area contributed by atoms with E-state index in [9.17, 15) is 24.8 Å². The zero-order chi connectivity index (χ0) is 30.1. The highest BCUT2D eigenvalue weighted by atomic mass is 19.1. The molecular weight excluding hydrogens is 545 g/mol. The zero-order valence-corrected chi connectivity index (χ0v) is 24.2. The Bertz CT molecular complexity index is 1250. The predicted molar refractivity (Wildman–Crippen MR) is 149 cm³/mol. The van der Waals surface area contributed by atoms with Gasteiger partial charge in [0, 0.05) is 38.2 Å². The molecule has 11 heteroatoms. The summed E-state index contributed by atoms with van der Waals surface area (Å²) < 4.78 is 32.0. The SMILES string of the molecule is COc1cc(C#N)c(OC2CCC(C)(C(=O)O)CC2)cc1C(=O)NC1C2CCC(C2)C1C(=O)NCC1(F)CCOCC1. The highest BCUT2D eigenvalue weighted by Gasteiger charge is 2.52. The molecule has 3 N–H and O–H groups in total. The molecule has 0 aromatic heterocycles. The molecule has 4 aliphatic rings. The molecule has 10 nitrogen and oxygen atoms in total. The summed E-state index contributed by atoms with van der Waals surface area (Å²) in [6.45, 7) is 2.33. The predicted octanol–water partition coefficient (Wildman–Crippen LogP) is 3.76. The summed E-state index contributed by atoms with van der Waals surface area (Å²) in [5.74, 6) is -1.26. The number of carboxylic acids is 1. The second-order valence-electron chi connectivity index (χ2n) is 12.7. The second-order valence-corrected chi connectivity index (χ2v) is 12.7. The van der Waals surface area contributed by atoms with E-state index in [1.807, 2.05) is 0 Å². The quantitative estimate of drug-likeness (QED) is 0.397. The van der Waals surface area contributed by atoms with Gasteiger partial charge in [0.1, 0.15) is 23.2 Å². The Morgan fingerprint density at radius 3 is 2.43 bits per heavy atom. The summed E-state index contributed by atoms with van der Waals surface area (Å²) in [7, 11) is 1.42. The molecule has 3 saturated carbocycles. The molecule has 1 heterocycles. The van der Waals surface area contributed by atoms with Gasteiger partial charge in [-0.1, -0.05) is 0 Å². The molecular formula is C31H40FN3O7. The summed E-state index contributed by atoms with van der Waals surface area (Å²) in [6, 6.07) is 4.66. The van der Waals surface area contributed by atoms with Gasteiger partial charge in [-0.25, -0.2) is 4.39 Å². The van der Waals surface area contributed by atoms with Crippen LogP contribution in [0, 0.1) is 34.5 Å². The summed E-state index contributed by atoms with van der Waals surface area (Å²) >= 11 is 0. The van der Waals surface area contributed by atoms with Crippen molar-refractivity contribution in [3.05, 3.63) is 23.3 Å². The van der Waals surface area contributed by atoms with Crippen molar-refractivity contribution in [2.75, 3.05) is 26.9 Å². The fourth-order valence-corrected chi connectivity index (χ4v) is 7.21. The van der Waals surface area contributed by atoms with E-state index in [4.69, 9.17) is 14.2 Å². The van der Waals surface area contributed by atoms with Gasteiger partial charge in [0.05, 0.1) is 42.2 Å². The number of fused-ring (bicyclic) bond motifs is 2. The fourth-order valence-electron chi connectivity index (χ4n) is 7.21. The van der Waals surface area contributed by atoms with Crippen LogP contribution in [-0.4, -0.2) is 67.6 Å². The average Bonchev–Trinajstić information content (AvgIpc) is 3.59. The van der Waals surface area contributed by atoms with E-state index in [1.165, 1.54) is 19.2 Å². The first-order valence-corrected chi connectivity index (χ1v) is 14.9. The first kappa shape index (κ1) is 30.1. The van der Waals surface area contributed by atoms with Gasteiger partial charge in [0.25, 0.3) is 5.91 Å². The molecule has 0 spiro atoms. The lowest BCUT2D eigenvalue weighted by atomic mass is 9.75. The lowest BCUT2D eigenvalue weighted by Gasteiger charge is -2.34. The van der Waals surface area contributed by atoms with Gasteiger partial charge in [-0.15, -0.1) is 0 Å². The van der Waals surface area contributed by atoms with E-state index in [0.29, 0.717) is 38.9 Å². The summed E-state index contributed by atoms with van der Waals surface area (Å²) in [6.07, 6.45) is 4.73. The topological polar surface area (TPSA) is 147 Å². The van der Waals surface area contributed by atoms with Gasteiger partial charge in [0.15, 0.2) is 0 Å². The molecule has 5 rings (SSSR count). The maximum absolute atomic E-state index is 15.1. The molecule has 1 aromatic rings. The number of nitrogens with one attached hydrogen (secondary N) is 2. The van der Waals surface area contributed by atoms with Crippen molar-refractivity contribution in [2.45, 2.75) is 82.5 Å². The van der Waals surface area contributed by atoms with Crippen molar-refractivity contribution in [3.63, 3.8) is 0 Å². The molecule has 4 atom stereocenters.